The standard InChI is InChI=1S/C16H11BrN2O/c1-10-15(11-5-3-2-4-6-11)19-16(18-10)12-7-8-14(20)13(17)9-12/h2-9H,1H3/b16-12+. The molecule has 20 heavy (non-hydrogen) atoms. The molecule has 98 valence electrons. The van der Waals surface area contributed by atoms with Crippen LogP contribution in [0.1, 0.15) is 12.5 Å². The first kappa shape index (κ1) is 12.9. The van der Waals surface area contributed by atoms with Crippen LogP contribution < -0.4 is 0 Å². The summed E-state index contributed by atoms with van der Waals surface area (Å²) in [6.07, 6.45) is 5.02. The lowest BCUT2D eigenvalue weighted by atomic mass is 10.1. The molecule has 1 heterocycles. The minimum Gasteiger partial charge on any atom is -0.289 e. The van der Waals surface area contributed by atoms with Crippen molar-refractivity contribution < 1.29 is 4.79 Å². The molecular weight excluding hydrogens is 316 g/mol. The van der Waals surface area contributed by atoms with Crippen molar-refractivity contribution >= 4 is 33.1 Å². The highest BCUT2D eigenvalue weighted by Crippen LogP contribution is 2.25. The van der Waals surface area contributed by atoms with E-state index in [-0.39, 0.29) is 5.78 Å². The Hall–Kier alpha value is -2.07. The molecule has 0 unspecified atom stereocenters. The molecule has 0 amide bonds. The lowest BCUT2D eigenvalue weighted by Gasteiger charge is -2.03. The minimum absolute atomic E-state index is 0.0414. The molecule has 0 atom stereocenters. The fourth-order valence-corrected chi connectivity index (χ4v) is 2.44. The van der Waals surface area contributed by atoms with E-state index in [4.69, 9.17) is 0 Å². The van der Waals surface area contributed by atoms with Gasteiger partial charge in [-0.05, 0) is 41.1 Å². The SMILES string of the molecule is CC1=N/C(=C2/C=CC(=O)C(Br)=C2)N=C1c1ccccc1. The summed E-state index contributed by atoms with van der Waals surface area (Å²) in [4.78, 5) is 20.5. The van der Waals surface area contributed by atoms with Crippen LogP contribution in [0, 0.1) is 0 Å². The van der Waals surface area contributed by atoms with Gasteiger partial charge in [-0.15, -0.1) is 0 Å². The first-order valence-electron chi connectivity index (χ1n) is 6.19. The molecule has 0 aromatic heterocycles. The summed E-state index contributed by atoms with van der Waals surface area (Å²) in [6.45, 7) is 1.94. The average molecular weight is 327 g/mol. The van der Waals surface area contributed by atoms with Gasteiger partial charge in [0.15, 0.2) is 11.6 Å². The van der Waals surface area contributed by atoms with Gasteiger partial charge < -0.3 is 0 Å². The number of rotatable bonds is 1. The highest BCUT2D eigenvalue weighted by Gasteiger charge is 2.18. The average Bonchev–Trinajstić information content (AvgIpc) is 2.85. The molecule has 0 saturated heterocycles. The number of hydrogen-bond acceptors (Lipinski definition) is 3. The largest absolute Gasteiger partial charge is 0.289 e. The van der Waals surface area contributed by atoms with Crippen LogP contribution in [0.25, 0.3) is 0 Å². The van der Waals surface area contributed by atoms with Crippen LogP contribution in [0.3, 0.4) is 0 Å². The number of allylic oxidation sites excluding steroid dienone is 5. The van der Waals surface area contributed by atoms with E-state index in [1.807, 2.05) is 37.3 Å². The van der Waals surface area contributed by atoms with Gasteiger partial charge in [0.2, 0.25) is 0 Å². The Labute approximate surface area is 125 Å². The van der Waals surface area contributed by atoms with E-state index < -0.39 is 0 Å². The van der Waals surface area contributed by atoms with Gasteiger partial charge in [-0.25, -0.2) is 9.98 Å². The van der Waals surface area contributed by atoms with Crippen molar-refractivity contribution in [2.45, 2.75) is 6.92 Å². The number of carbonyl (C=O) groups is 1. The van der Waals surface area contributed by atoms with Crippen molar-refractivity contribution in [2.24, 2.45) is 9.98 Å². The molecule has 1 aromatic carbocycles. The molecule has 2 aliphatic rings. The smallest absolute Gasteiger partial charge is 0.192 e. The van der Waals surface area contributed by atoms with Crippen LogP contribution in [0.5, 0.6) is 0 Å². The second-order valence-electron chi connectivity index (χ2n) is 4.49. The number of nitrogens with zero attached hydrogens (tertiary/aromatic N) is 2. The van der Waals surface area contributed by atoms with Gasteiger partial charge in [0.25, 0.3) is 0 Å². The van der Waals surface area contributed by atoms with Crippen LogP contribution in [0.2, 0.25) is 0 Å². The molecule has 0 saturated carbocycles. The van der Waals surface area contributed by atoms with Crippen molar-refractivity contribution in [3.63, 3.8) is 0 Å². The van der Waals surface area contributed by atoms with E-state index in [0.717, 1.165) is 22.6 Å². The van der Waals surface area contributed by atoms with Crippen LogP contribution in [0.15, 0.2) is 74.4 Å². The summed E-state index contributed by atoms with van der Waals surface area (Å²) >= 11 is 3.25. The Morgan fingerprint density at radius 3 is 2.50 bits per heavy atom. The Morgan fingerprint density at radius 1 is 1.05 bits per heavy atom. The third-order valence-electron chi connectivity index (χ3n) is 3.07. The van der Waals surface area contributed by atoms with Gasteiger partial charge in [0, 0.05) is 11.1 Å². The van der Waals surface area contributed by atoms with E-state index in [9.17, 15) is 4.79 Å². The maximum Gasteiger partial charge on any atom is 0.192 e. The molecule has 0 fully saturated rings. The predicted octanol–water partition coefficient (Wildman–Crippen LogP) is 3.58. The second kappa shape index (κ2) is 5.13. The Balaban J connectivity index is 2.06. The summed E-state index contributed by atoms with van der Waals surface area (Å²) in [6, 6.07) is 9.95. The van der Waals surface area contributed by atoms with Crippen LogP contribution in [-0.2, 0) is 4.79 Å². The van der Waals surface area contributed by atoms with Gasteiger partial charge in [0.05, 0.1) is 15.9 Å². The van der Waals surface area contributed by atoms with E-state index in [1.165, 1.54) is 6.08 Å². The van der Waals surface area contributed by atoms with Crippen molar-refractivity contribution in [2.75, 3.05) is 0 Å². The highest BCUT2D eigenvalue weighted by atomic mass is 79.9. The lowest BCUT2D eigenvalue weighted by molar-refractivity contribution is -0.110. The number of carbonyl (C=O) groups excluding carboxylic acids is 1. The maximum absolute atomic E-state index is 11.4. The van der Waals surface area contributed by atoms with Gasteiger partial charge in [0.1, 0.15) is 0 Å². The molecule has 0 spiro atoms. The molecule has 3 nitrogen and oxygen atoms in total. The molecule has 3 rings (SSSR count). The van der Waals surface area contributed by atoms with Crippen molar-refractivity contribution in [3.05, 3.63) is 70.0 Å². The zero-order valence-electron chi connectivity index (χ0n) is 10.8. The Kier molecular flexibility index (Phi) is 3.32. The fourth-order valence-electron chi connectivity index (χ4n) is 2.06. The van der Waals surface area contributed by atoms with Crippen LogP contribution in [0.4, 0.5) is 0 Å². The molecule has 1 aromatic rings. The molecule has 0 radical (unpaired) electrons. The molecule has 1 aliphatic heterocycles. The summed E-state index contributed by atoms with van der Waals surface area (Å²) in [5.41, 5.74) is 3.64. The van der Waals surface area contributed by atoms with E-state index in [1.54, 1.807) is 12.2 Å². The monoisotopic (exact) mass is 326 g/mol. The summed E-state index contributed by atoms with van der Waals surface area (Å²) in [5, 5.41) is 0. The van der Waals surface area contributed by atoms with Gasteiger partial charge in [-0.2, -0.15) is 0 Å². The maximum atomic E-state index is 11.4. The molecular formula is C16H11BrN2O. The number of halogens is 1. The zero-order chi connectivity index (χ0) is 14.1. The Morgan fingerprint density at radius 2 is 1.80 bits per heavy atom. The second-order valence-corrected chi connectivity index (χ2v) is 5.35. The third-order valence-corrected chi connectivity index (χ3v) is 3.69. The fraction of sp³-hybridized carbons (Fsp3) is 0.0625. The molecule has 0 N–H and O–H groups in total. The Bertz CT molecular complexity index is 737. The first-order chi connectivity index (χ1) is 9.65. The molecule has 4 heteroatoms. The van der Waals surface area contributed by atoms with E-state index in [0.29, 0.717) is 10.3 Å². The predicted molar refractivity (Wildman–Crippen MR) is 84.3 cm³/mol. The normalized spacial score (nSPS) is 21.7. The summed E-state index contributed by atoms with van der Waals surface area (Å²) in [7, 11) is 0. The van der Waals surface area contributed by atoms with Gasteiger partial charge in [-0.3, -0.25) is 4.79 Å². The van der Waals surface area contributed by atoms with Crippen LogP contribution in [-0.4, -0.2) is 17.2 Å². The van der Waals surface area contributed by atoms with E-state index >= 15 is 0 Å². The highest BCUT2D eigenvalue weighted by molar-refractivity contribution is 9.12. The first-order valence-corrected chi connectivity index (χ1v) is 6.98. The van der Waals surface area contributed by atoms with Gasteiger partial charge >= 0.3 is 0 Å². The zero-order valence-corrected chi connectivity index (χ0v) is 12.4. The number of hydrogen-bond donors (Lipinski definition) is 0. The minimum atomic E-state index is -0.0414. The third kappa shape index (κ3) is 2.34. The lowest BCUT2D eigenvalue weighted by Crippen LogP contribution is -2.07. The number of ketones is 1. The van der Waals surface area contributed by atoms with Crippen molar-refractivity contribution in [1.82, 2.24) is 0 Å². The van der Waals surface area contributed by atoms with Crippen molar-refractivity contribution in [1.29, 1.82) is 0 Å². The number of benzene rings is 1. The quantitative estimate of drug-likeness (QED) is 0.777. The topological polar surface area (TPSA) is 41.8 Å². The van der Waals surface area contributed by atoms with Crippen molar-refractivity contribution in [3.8, 4) is 0 Å². The summed E-state index contributed by atoms with van der Waals surface area (Å²) in [5.74, 6) is 0.599. The molecule has 0 bridgehead atoms. The number of aliphatic imine (C=N–C) groups is 2. The van der Waals surface area contributed by atoms with Crippen LogP contribution >= 0.6 is 15.9 Å². The van der Waals surface area contributed by atoms with Gasteiger partial charge in [-0.1, -0.05) is 30.3 Å². The van der Waals surface area contributed by atoms with E-state index in [2.05, 4.69) is 25.9 Å². The molecule has 1 aliphatic carbocycles. The summed E-state index contributed by atoms with van der Waals surface area (Å²) < 4.78 is 0.527.